The number of carbonyl (C=O) groups is 2. The normalized spacial score (nSPS) is 23.9. The summed E-state index contributed by atoms with van der Waals surface area (Å²) < 4.78 is 5.31. The Morgan fingerprint density at radius 2 is 1.95 bits per heavy atom. The van der Waals surface area contributed by atoms with Crippen LogP contribution in [0.3, 0.4) is 0 Å². The van der Waals surface area contributed by atoms with Crippen molar-refractivity contribution < 1.29 is 14.3 Å². The monoisotopic (exact) mass is 297 g/mol. The highest BCUT2D eigenvalue weighted by Crippen LogP contribution is 2.19. The molecule has 0 aromatic heterocycles. The van der Waals surface area contributed by atoms with E-state index in [1.165, 1.54) is 0 Å². The summed E-state index contributed by atoms with van der Waals surface area (Å²) in [5, 5.41) is 2.82. The van der Waals surface area contributed by atoms with E-state index < -0.39 is 0 Å². The van der Waals surface area contributed by atoms with Crippen LogP contribution in [0.1, 0.15) is 32.6 Å². The third-order valence-corrected chi connectivity index (χ3v) is 4.22. The zero-order valence-electron chi connectivity index (χ0n) is 13.0. The fourth-order valence-electron chi connectivity index (χ4n) is 3.06. The van der Waals surface area contributed by atoms with Gasteiger partial charge < -0.3 is 15.0 Å². The minimum Gasteiger partial charge on any atom is -0.378 e. The lowest BCUT2D eigenvalue weighted by atomic mass is 10.0. The highest BCUT2D eigenvalue weighted by Gasteiger charge is 2.32. The molecule has 0 aromatic rings. The lowest BCUT2D eigenvalue weighted by Gasteiger charge is -2.38. The summed E-state index contributed by atoms with van der Waals surface area (Å²) in [6, 6.07) is -0.0497. The molecular formula is C15H27N3O3. The molecule has 2 heterocycles. The van der Waals surface area contributed by atoms with Gasteiger partial charge in [0.1, 0.15) is 0 Å². The Kier molecular flexibility index (Phi) is 6.45. The zero-order valence-corrected chi connectivity index (χ0v) is 13.0. The molecule has 0 spiro atoms. The fraction of sp³-hybridized carbons (Fsp3) is 0.867. The van der Waals surface area contributed by atoms with Gasteiger partial charge in [-0.2, -0.15) is 0 Å². The van der Waals surface area contributed by atoms with E-state index in [1.807, 2.05) is 11.8 Å². The van der Waals surface area contributed by atoms with Gasteiger partial charge in [0.15, 0.2) is 0 Å². The SMILES string of the molecule is CCNC(=O)CCN1CCCCC1C(=O)N1CCOCC1. The molecule has 1 unspecified atom stereocenters. The van der Waals surface area contributed by atoms with Gasteiger partial charge in [0.05, 0.1) is 19.3 Å². The lowest BCUT2D eigenvalue weighted by molar-refractivity contribution is -0.142. The average molecular weight is 297 g/mol. The van der Waals surface area contributed by atoms with Crippen molar-refractivity contribution in [3.8, 4) is 0 Å². The second-order valence-corrected chi connectivity index (χ2v) is 5.69. The molecule has 0 aliphatic carbocycles. The number of likely N-dealkylation sites (tertiary alicyclic amines) is 1. The van der Waals surface area contributed by atoms with Gasteiger partial charge in [0.25, 0.3) is 0 Å². The average Bonchev–Trinajstić information content (AvgIpc) is 2.54. The summed E-state index contributed by atoms with van der Waals surface area (Å²) in [7, 11) is 0. The minimum atomic E-state index is -0.0497. The lowest BCUT2D eigenvalue weighted by Crippen LogP contribution is -2.53. The number of piperidine rings is 1. The van der Waals surface area contributed by atoms with Gasteiger partial charge in [-0.1, -0.05) is 6.42 Å². The van der Waals surface area contributed by atoms with Gasteiger partial charge in [-0.25, -0.2) is 0 Å². The first-order valence-corrected chi connectivity index (χ1v) is 8.09. The molecule has 2 aliphatic rings. The first-order valence-electron chi connectivity index (χ1n) is 8.09. The summed E-state index contributed by atoms with van der Waals surface area (Å²) >= 11 is 0. The van der Waals surface area contributed by atoms with E-state index in [9.17, 15) is 9.59 Å². The molecule has 1 atom stereocenters. The molecule has 6 heteroatoms. The smallest absolute Gasteiger partial charge is 0.240 e. The number of nitrogens with one attached hydrogen (secondary N) is 1. The molecule has 2 rings (SSSR count). The van der Waals surface area contributed by atoms with Crippen molar-refractivity contribution >= 4 is 11.8 Å². The summed E-state index contributed by atoms with van der Waals surface area (Å²) in [5.41, 5.74) is 0. The molecule has 0 aromatic carbocycles. The second kappa shape index (κ2) is 8.34. The van der Waals surface area contributed by atoms with Crippen molar-refractivity contribution in [3.05, 3.63) is 0 Å². The van der Waals surface area contributed by atoms with E-state index in [4.69, 9.17) is 4.74 Å². The van der Waals surface area contributed by atoms with Crippen molar-refractivity contribution in [3.63, 3.8) is 0 Å². The maximum absolute atomic E-state index is 12.7. The highest BCUT2D eigenvalue weighted by atomic mass is 16.5. The van der Waals surface area contributed by atoms with Crippen LogP contribution in [0.5, 0.6) is 0 Å². The summed E-state index contributed by atoms with van der Waals surface area (Å²) in [6.07, 6.45) is 3.59. The molecular weight excluding hydrogens is 270 g/mol. The Labute approximate surface area is 126 Å². The number of carbonyl (C=O) groups excluding carboxylic acids is 2. The standard InChI is InChI=1S/C15H27N3O3/c1-2-16-14(19)6-8-17-7-4-3-5-13(17)15(20)18-9-11-21-12-10-18/h13H,2-12H2,1H3,(H,16,19). The van der Waals surface area contributed by atoms with Gasteiger partial charge in [-0.15, -0.1) is 0 Å². The minimum absolute atomic E-state index is 0.0497. The highest BCUT2D eigenvalue weighted by molar-refractivity contribution is 5.82. The number of rotatable bonds is 5. The van der Waals surface area contributed by atoms with Crippen molar-refractivity contribution in [2.75, 3.05) is 45.9 Å². The van der Waals surface area contributed by atoms with Gasteiger partial charge >= 0.3 is 0 Å². The molecule has 1 N–H and O–H groups in total. The van der Waals surface area contributed by atoms with Crippen molar-refractivity contribution in [1.82, 2.24) is 15.1 Å². The van der Waals surface area contributed by atoms with Gasteiger partial charge in [0.2, 0.25) is 11.8 Å². The predicted octanol–water partition coefficient (Wildman–Crippen LogP) is 0.226. The Hall–Kier alpha value is -1.14. The van der Waals surface area contributed by atoms with Crippen molar-refractivity contribution in [2.45, 2.75) is 38.6 Å². The first-order chi connectivity index (χ1) is 10.2. The largest absolute Gasteiger partial charge is 0.378 e. The summed E-state index contributed by atoms with van der Waals surface area (Å²) in [6.45, 7) is 6.83. The van der Waals surface area contributed by atoms with Crippen LogP contribution in [0.2, 0.25) is 0 Å². The second-order valence-electron chi connectivity index (χ2n) is 5.69. The Balaban J connectivity index is 1.88. The number of ether oxygens (including phenoxy) is 1. The Morgan fingerprint density at radius 1 is 1.19 bits per heavy atom. The van der Waals surface area contributed by atoms with Gasteiger partial charge in [-0.3, -0.25) is 14.5 Å². The quantitative estimate of drug-likeness (QED) is 0.789. The molecule has 0 saturated carbocycles. The third kappa shape index (κ3) is 4.68. The van der Waals surface area contributed by atoms with Gasteiger partial charge in [-0.05, 0) is 26.3 Å². The van der Waals surface area contributed by atoms with E-state index in [2.05, 4.69) is 10.2 Å². The molecule has 120 valence electrons. The van der Waals surface area contributed by atoms with E-state index in [-0.39, 0.29) is 17.9 Å². The van der Waals surface area contributed by atoms with Crippen LogP contribution >= 0.6 is 0 Å². The molecule has 6 nitrogen and oxygen atoms in total. The molecule has 2 aliphatic heterocycles. The van der Waals surface area contributed by atoms with E-state index >= 15 is 0 Å². The van der Waals surface area contributed by atoms with E-state index in [1.54, 1.807) is 0 Å². The summed E-state index contributed by atoms with van der Waals surface area (Å²) in [5.74, 6) is 0.287. The van der Waals surface area contributed by atoms with Crippen molar-refractivity contribution in [1.29, 1.82) is 0 Å². The molecule has 21 heavy (non-hydrogen) atoms. The number of hydrogen-bond donors (Lipinski definition) is 1. The van der Waals surface area contributed by atoms with Crippen LogP contribution in [-0.4, -0.2) is 73.6 Å². The zero-order chi connectivity index (χ0) is 15.1. The van der Waals surface area contributed by atoms with E-state index in [0.717, 1.165) is 25.8 Å². The maximum Gasteiger partial charge on any atom is 0.240 e. The van der Waals surface area contributed by atoms with Crippen LogP contribution in [0.15, 0.2) is 0 Å². The van der Waals surface area contributed by atoms with Gasteiger partial charge in [0, 0.05) is 32.6 Å². The number of hydrogen-bond acceptors (Lipinski definition) is 4. The molecule has 0 radical (unpaired) electrons. The number of morpholine rings is 1. The number of nitrogens with zero attached hydrogens (tertiary/aromatic N) is 2. The Morgan fingerprint density at radius 3 is 2.67 bits per heavy atom. The predicted molar refractivity (Wildman–Crippen MR) is 79.9 cm³/mol. The maximum atomic E-state index is 12.7. The van der Waals surface area contributed by atoms with Crippen LogP contribution in [0.25, 0.3) is 0 Å². The van der Waals surface area contributed by atoms with Crippen molar-refractivity contribution in [2.24, 2.45) is 0 Å². The van der Waals surface area contributed by atoms with Crippen LogP contribution in [0.4, 0.5) is 0 Å². The Bertz CT molecular complexity index is 356. The number of amides is 2. The van der Waals surface area contributed by atoms with Crippen LogP contribution in [-0.2, 0) is 14.3 Å². The van der Waals surface area contributed by atoms with Crippen LogP contribution < -0.4 is 5.32 Å². The fourth-order valence-corrected chi connectivity index (χ4v) is 3.06. The molecule has 0 bridgehead atoms. The molecule has 2 amide bonds. The molecule has 2 fully saturated rings. The summed E-state index contributed by atoms with van der Waals surface area (Å²) in [4.78, 5) is 28.4. The third-order valence-electron chi connectivity index (χ3n) is 4.22. The topological polar surface area (TPSA) is 61.9 Å². The molecule has 2 saturated heterocycles. The first kappa shape index (κ1) is 16.2. The van der Waals surface area contributed by atoms with Crippen LogP contribution in [0, 0.1) is 0 Å². The van der Waals surface area contributed by atoms with E-state index in [0.29, 0.717) is 45.8 Å².